The zero-order chi connectivity index (χ0) is 6.91. The smallest absolute Gasteiger partial charge is 0.124 e. The van der Waals surface area contributed by atoms with Crippen molar-refractivity contribution < 1.29 is 0 Å². The van der Waals surface area contributed by atoms with Crippen molar-refractivity contribution in [3.63, 3.8) is 0 Å². The molecule has 9 heavy (non-hydrogen) atoms. The van der Waals surface area contributed by atoms with E-state index in [1.54, 1.807) is 0 Å². The van der Waals surface area contributed by atoms with Crippen LogP contribution in [0.25, 0.3) is 0 Å². The molecule has 4 heteroatoms. The highest BCUT2D eigenvalue weighted by Gasteiger charge is 2.27. The average molecular weight is 130 g/mol. The molecule has 1 rings (SSSR count). The van der Waals surface area contributed by atoms with E-state index in [1.165, 1.54) is 0 Å². The SMILES string of the molecule is CC1(C)CNC(NN)N1. The molecular formula is C5H14N4. The summed E-state index contributed by atoms with van der Waals surface area (Å²) in [4.78, 5) is 0. The van der Waals surface area contributed by atoms with Gasteiger partial charge in [-0.05, 0) is 13.8 Å². The summed E-state index contributed by atoms with van der Waals surface area (Å²) >= 11 is 0. The van der Waals surface area contributed by atoms with Gasteiger partial charge in [0.25, 0.3) is 0 Å². The normalized spacial score (nSPS) is 33.0. The number of nitrogens with two attached hydrogens (primary N) is 1. The van der Waals surface area contributed by atoms with Crippen LogP contribution in [0.4, 0.5) is 0 Å². The Morgan fingerprint density at radius 2 is 2.33 bits per heavy atom. The van der Waals surface area contributed by atoms with Crippen LogP contribution in [0.15, 0.2) is 0 Å². The van der Waals surface area contributed by atoms with Crippen LogP contribution in [0.3, 0.4) is 0 Å². The van der Waals surface area contributed by atoms with Gasteiger partial charge in [-0.3, -0.25) is 16.5 Å². The molecule has 1 saturated heterocycles. The monoisotopic (exact) mass is 130 g/mol. The van der Waals surface area contributed by atoms with E-state index < -0.39 is 0 Å². The van der Waals surface area contributed by atoms with Crippen LogP contribution >= 0.6 is 0 Å². The molecule has 0 aliphatic carbocycles. The molecule has 5 N–H and O–H groups in total. The first-order chi connectivity index (χ1) is 4.14. The van der Waals surface area contributed by atoms with Crippen molar-refractivity contribution in [3.8, 4) is 0 Å². The summed E-state index contributed by atoms with van der Waals surface area (Å²) in [6, 6.07) is 0. The molecule has 0 aromatic heterocycles. The Morgan fingerprint density at radius 3 is 2.56 bits per heavy atom. The molecule has 54 valence electrons. The third-order valence-corrected chi connectivity index (χ3v) is 1.45. The van der Waals surface area contributed by atoms with Gasteiger partial charge in [-0.25, -0.2) is 5.43 Å². The van der Waals surface area contributed by atoms with Gasteiger partial charge in [0.15, 0.2) is 0 Å². The van der Waals surface area contributed by atoms with Gasteiger partial charge in [0.1, 0.15) is 6.29 Å². The fraction of sp³-hybridized carbons (Fsp3) is 1.00. The van der Waals surface area contributed by atoms with Crippen molar-refractivity contribution >= 4 is 0 Å². The lowest BCUT2D eigenvalue weighted by Gasteiger charge is -2.17. The van der Waals surface area contributed by atoms with Crippen molar-refractivity contribution in [2.24, 2.45) is 5.84 Å². The highest BCUT2D eigenvalue weighted by atomic mass is 15.4. The van der Waals surface area contributed by atoms with E-state index in [4.69, 9.17) is 5.84 Å². The maximum Gasteiger partial charge on any atom is 0.124 e. The van der Waals surface area contributed by atoms with E-state index in [-0.39, 0.29) is 11.8 Å². The molecular weight excluding hydrogens is 116 g/mol. The quantitative estimate of drug-likeness (QED) is 0.263. The minimum Gasteiger partial charge on any atom is -0.287 e. The fourth-order valence-electron chi connectivity index (χ4n) is 0.951. The molecule has 4 nitrogen and oxygen atoms in total. The molecule has 1 unspecified atom stereocenters. The number of hydrogen-bond acceptors (Lipinski definition) is 4. The first-order valence-corrected chi connectivity index (χ1v) is 3.11. The standard InChI is InChI=1S/C5H14N4/c1-5(2)3-7-4(8-5)9-6/h4,7-9H,3,6H2,1-2H3. The van der Waals surface area contributed by atoms with Gasteiger partial charge < -0.3 is 0 Å². The second kappa shape index (κ2) is 2.22. The molecule has 1 aliphatic rings. The Morgan fingerprint density at radius 1 is 1.67 bits per heavy atom. The van der Waals surface area contributed by atoms with Gasteiger partial charge in [-0.2, -0.15) is 0 Å². The van der Waals surface area contributed by atoms with E-state index in [9.17, 15) is 0 Å². The minimum absolute atomic E-state index is 0.0694. The molecule has 1 atom stereocenters. The van der Waals surface area contributed by atoms with E-state index in [2.05, 4.69) is 29.9 Å². The summed E-state index contributed by atoms with van der Waals surface area (Å²) in [5.74, 6) is 5.18. The van der Waals surface area contributed by atoms with E-state index in [0.29, 0.717) is 0 Å². The van der Waals surface area contributed by atoms with Crippen LogP contribution in [0, 0.1) is 0 Å². The van der Waals surface area contributed by atoms with Crippen LogP contribution in [0.5, 0.6) is 0 Å². The summed E-state index contributed by atoms with van der Waals surface area (Å²) < 4.78 is 0. The first-order valence-electron chi connectivity index (χ1n) is 3.11. The molecule has 0 radical (unpaired) electrons. The summed E-state index contributed by atoms with van der Waals surface area (Å²) in [7, 11) is 0. The second-order valence-electron chi connectivity index (χ2n) is 3.01. The third-order valence-electron chi connectivity index (χ3n) is 1.45. The van der Waals surface area contributed by atoms with Crippen LogP contribution in [-0.2, 0) is 0 Å². The van der Waals surface area contributed by atoms with E-state index in [0.717, 1.165) is 6.54 Å². The summed E-state index contributed by atoms with van der Waals surface area (Å²) in [6.07, 6.45) is 0.0694. The zero-order valence-corrected chi connectivity index (χ0v) is 5.86. The Labute approximate surface area is 55.2 Å². The Balaban J connectivity index is 2.38. The predicted molar refractivity (Wildman–Crippen MR) is 36.3 cm³/mol. The predicted octanol–water partition coefficient (Wildman–Crippen LogP) is -1.30. The van der Waals surface area contributed by atoms with Crippen molar-refractivity contribution in [3.05, 3.63) is 0 Å². The Bertz CT molecular complexity index is 101. The van der Waals surface area contributed by atoms with Crippen molar-refractivity contribution in [1.29, 1.82) is 0 Å². The van der Waals surface area contributed by atoms with Crippen molar-refractivity contribution in [1.82, 2.24) is 16.1 Å². The number of hydrogen-bond donors (Lipinski definition) is 4. The van der Waals surface area contributed by atoms with E-state index in [1.807, 2.05) is 0 Å². The molecule has 1 aliphatic heterocycles. The first kappa shape index (κ1) is 6.95. The topological polar surface area (TPSA) is 62.1 Å². The third kappa shape index (κ3) is 1.62. The van der Waals surface area contributed by atoms with Crippen LogP contribution in [0.2, 0.25) is 0 Å². The molecule has 0 aromatic carbocycles. The molecule has 0 saturated carbocycles. The van der Waals surface area contributed by atoms with Gasteiger partial charge >= 0.3 is 0 Å². The molecule has 0 amide bonds. The van der Waals surface area contributed by atoms with Gasteiger partial charge in [0.2, 0.25) is 0 Å². The summed E-state index contributed by atoms with van der Waals surface area (Å²) in [5, 5.41) is 6.38. The highest BCUT2D eigenvalue weighted by molar-refractivity contribution is 4.89. The molecule has 0 bridgehead atoms. The van der Waals surface area contributed by atoms with Crippen LogP contribution < -0.4 is 21.9 Å². The number of rotatable bonds is 1. The second-order valence-corrected chi connectivity index (χ2v) is 3.01. The zero-order valence-electron chi connectivity index (χ0n) is 5.86. The van der Waals surface area contributed by atoms with Crippen molar-refractivity contribution in [2.75, 3.05) is 6.54 Å². The lowest BCUT2D eigenvalue weighted by atomic mass is 10.1. The average Bonchev–Trinajstić information content (AvgIpc) is 2.10. The molecule has 1 heterocycles. The molecule has 0 aromatic rings. The van der Waals surface area contributed by atoms with Crippen LogP contribution in [-0.4, -0.2) is 18.4 Å². The van der Waals surface area contributed by atoms with E-state index >= 15 is 0 Å². The van der Waals surface area contributed by atoms with Gasteiger partial charge in [0, 0.05) is 12.1 Å². The maximum atomic E-state index is 5.18. The lowest BCUT2D eigenvalue weighted by Crippen LogP contribution is -2.51. The van der Waals surface area contributed by atoms with Gasteiger partial charge in [0.05, 0.1) is 0 Å². The van der Waals surface area contributed by atoms with Crippen LogP contribution in [0.1, 0.15) is 13.8 Å². The van der Waals surface area contributed by atoms with Crippen molar-refractivity contribution in [2.45, 2.75) is 25.7 Å². The molecule has 1 fully saturated rings. The highest BCUT2D eigenvalue weighted by Crippen LogP contribution is 2.05. The van der Waals surface area contributed by atoms with Gasteiger partial charge in [-0.1, -0.05) is 0 Å². The lowest BCUT2D eigenvalue weighted by molar-refractivity contribution is 0.396. The molecule has 0 spiro atoms. The maximum absolute atomic E-state index is 5.18. The fourth-order valence-corrected chi connectivity index (χ4v) is 0.951. The number of hydrazine groups is 1. The number of nitrogens with one attached hydrogen (secondary N) is 3. The Hall–Kier alpha value is -0.160. The van der Waals surface area contributed by atoms with Gasteiger partial charge in [-0.15, -0.1) is 0 Å². The minimum atomic E-state index is 0.0694. The summed E-state index contributed by atoms with van der Waals surface area (Å²) in [5.41, 5.74) is 2.76. The summed E-state index contributed by atoms with van der Waals surface area (Å²) in [6.45, 7) is 5.19. The Kier molecular flexibility index (Phi) is 1.72. The largest absolute Gasteiger partial charge is 0.287 e.